The van der Waals surface area contributed by atoms with Gasteiger partial charge in [-0.3, -0.25) is 0 Å². The van der Waals surface area contributed by atoms with Gasteiger partial charge in [-0.15, -0.1) is 0 Å². The fourth-order valence-electron chi connectivity index (χ4n) is 2.18. The zero-order valence-corrected chi connectivity index (χ0v) is 12.4. The Balaban J connectivity index is 1.71. The maximum atomic E-state index is 5.77. The minimum atomic E-state index is 0.293. The molecule has 1 N–H and O–H groups in total. The van der Waals surface area contributed by atoms with Gasteiger partial charge in [-0.2, -0.15) is 0 Å². The second-order valence-electron chi connectivity index (χ2n) is 5.38. The molecule has 2 unspecified atom stereocenters. The molecule has 1 heterocycles. The van der Waals surface area contributed by atoms with Gasteiger partial charge in [0.05, 0.1) is 6.26 Å². The summed E-state index contributed by atoms with van der Waals surface area (Å²) in [5, 5.41) is 3.51. The molecule has 0 aliphatic rings. The molecule has 0 radical (unpaired) electrons. The van der Waals surface area contributed by atoms with Gasteiger partial charge in [0.2, 0.25) is 0 Å². The SMILES string of the molecule is Cc1ccc(OCC(C)NC(C)Cc2ccco2)cc1. The third-order valence-corrected chi connectivity index (χ3v) is 3.18. The Bertz CT molecular complexity index is 490. The zero-order valence-electron chi connectivity index (χ0n) is 12.4. The van der Waals surface area contributed by atoms with E-state index in [1.807, 2.05) is 24.3 Å². The van der Waals surface area contributed by atoms with Crippen LogP contribution < -0.4 is 10.1 Å². The van der Waals surface area contributed by atoms with Crippen molar-refractivity contribution in [3.05, 3.63) is 54.0 Å². The highest BCUT2D eigenvalue weighted by atomic mass is 16.5. The van der Waals surface area contributed by atoms with Crippen LogP contribution in [0.15, 0.2) is 47.1 Å². The smallest absolute Gasteiger partial charge is 0.119 e. The van der Waals surface area contributed by atoms with Crippen molar-refractivity contribution >= 4 is 0 Å². The number of rotatable bonds is 7. The van der Waals surface area contributed by atoms with Crippen molar-refractivity contribution in [2.75, 3.05) is 6.61 Å². The van der Waals surface area contributed by atoms with E-state index < -0.39 is 0 Å². The van der Waals surface area contributed by atoms with Gasteiger partial charge >= 0.3 is 0 Å². The molecule has 2 rings (SSSR count). The lowest BCUT2D eigenvalue weighted by atomic mass is 10.2. The highest BCUT2D eigenvalue weighted by Gasteiger charge is 2.10. The molecular weight excluding hydrogens is 250 g/mol. The Hall–Kier alpha value is -1.74. The molecule has 0 spiro atoms. The molecule has 0 saturated carbocycles. The van der Waals surface area contributed by atoms with Crippen LogP contribution >= 0.6 is 0 Å². The van der Waals surface area contributed by atoms with E-state index in [0.717, 1.165) is 17.9 Å². The van der Waals surface area contributed by atoms with Crippen LogP contribution in [0.4, 0.5) is 0 Å². The lowest BCUT2D eigenvalue weighted by Crippen LogP contribution is -2.39. The molecule has 0 aliphatic heterocycles. The van der Waals surface area contributed by atoms with Crippen LogP contribution in [0.25, 0.3) is 0 Å². The molecule has 1 aromatic heterocycles. The summed E-state index contributed by atoms with van der Waals surface area (Å²) >= 11 is 0. The molecule has 3 heteroatoms. The highest BCUT2D eigenvalue weighted by Crippen LogP contribution is 2.11. The average Bonchev–Trinajstić information content (AvgIpc) is 2.90. The van der Waals surface area contributed by atoms with Crippen LogP contribution in [0.1, 0.15) is 25.2 Å². The Morgan fingerprint density at radius 1 is 1.10 bits per heavy atom. The summed E-state index contributed by atoms with van der Waals surface area (Å²) in [5.41, 5.74) is 1.25. The Morgan fingerprint density at radius 3 is 2.50 bits per heavy atom. The van der Waals surface area contributed by atoms with Gasteiger partial charge in [0.1, 0.15) is 18.1 Å². The van der Waals surface area contributed by atoms with Crippen molar-refractivity contribution in [3.8, 4) is 5.75 Å². The van der Waals surface area contributed by atoms with Crippen molar-refractivity contribution in [2.24, 2.45) is 0 Å². The monoisotopic (exact) mass is 273 g/mol. The molecule has 0 saturated heterocycles. The van der Waals surface area contributed by atoms with Gasteiger partial charge < -0.3 is 14.5 Å². The average molecular weight is 273 g/mol. The fraction of sp³-hybridized carbons (Fsp3) is 0.412. The molecular formula is C17H23NO2. The van der Waals surface area contributed by atoms with E-state index in [-0.39, 0.29) is 0 Å². The largest absolute Gasteiger partial charge is 0.492 e. The minimum absolute atomic E-state index is 0.293. The first-order chi connectivity index (χ1) is 9.63. The summed E-state index contributed by atoms with van der Waals surface area (Å²) in [6.45, 7) is 7.02. The van der Waals surface area contributed by atoms with E-state index >= 15 is 0 Å². The lowest BCUT2D eigenvalue weighted by Gasteiger charge is -2.19. The van der Waals surface area contributed by atoms with Gasteiger partial charge in [-0.25, -0.2) is 0 Å². The summed E-state index contributed by atoms with van der Waals surface area (Å²) < 4.78 is 11.1. The van der Waals surface area contributed by atoms with Crippen LogP contribution in [0.2, 0.25) is 0 Å². The van der Waals surface area contributed by atoms with Crippen molar-refractivity contribution in [1.29, 1.82) is 0 Å². The molecule has 108 valence electrons. The van der Waals surface area contributed by atoms with Crippen molar-refractivity contribution in [3.63, 3.8) is 0 Å². The highest BCUT2D eigenvalue weighted by molar-refractivity contribution is 5.26. The molecule has 2 aromatic rings. The van der Waals surface area contributed by atoms with E-state index in [0.29, 0.717) is 18.7 Å². The topological polar surface area (TPSA) is 34.4 Å². The van der Waals surface area contributed by atoms with Gasteiger partial charge in [-0.1, -0.05) is 17.7 Å². The summed E-state index contributed by atoms with van der Waals surface area (Å²) in [5.74, 6) is 1.93. The summed E-state index contributed by atoms with van der Waals surface area (Å²) in [7, 11) is 0. The Labute approximate surface area is 121 Å². The number of nitrogens with one attached hydrogen (secondary N) is 1. The number of ether oxygens (including phenoxy) is 1. The lowest BCUT2D eigenvalue weighted by molar-refractivity contribution is 0.261. The number of aryl methyl sites for hydroxylation is 1. The third kappa shape index (κ3) is 4.74. The van der Waals surface area contributed by atoms with Gasteiger partial charge in [0.25, 0.3) is 0 Å². The maximum absolute atomic E-state index is 5.77. The Morgan fingerprint density at radius 2 is 1.85 bits per heavy atom. The van der Waals surface area contributed by atoms with Crippen LogP contribution in [-0.2, 0) is 6.42 Å². The number of furan rings is 1. The van der Waals surface area contributed by atoms with Crippen molar-refractivity contribution in [2.45, 2.75) is 39.3 Å². The van der Waals surface area contributed by atoms with Crippen molar-refractivity contribution in [1.82, 2.24) is 5.32 Å². The van der Waals surface area contributed by atoms with Gasteiger partial charge in [-0.05, 0) is 45.0 Å². The van der Waals surface area contributed by atoms with E-state index in [2.05, 4.69) is 38.2 Å². The first-order valence-electron chi connectivity index (χ1n) is 7.11. The van der Waals surface area contributed by atoms with E-state index in [1.165, 1.54) is 5.56 Å². The van der Waals surface area contributed by atoms with Crippen LogP contribution in [-0.4, -0.2) is 18.7 Å². The molecule has 0 aliphatic carbocycles. The number of benzene rings is 1. The van der Waals surface area contributed by atoms with E-state index in [9.17, 15) is 0 Å². The van der Waals surface area contributed by atoms with Crippen molar-refractivity contribution < 1.29 is 9.15 Å². The molecule has 3 nitrogen and oxygen atoms in total. The van der Waals surface area contributed by atoms with Crippen LogP contribution in [0.3, 0.4) is 0 Å². The molecule has 2 atom stereocenters. The standard InChI is InChI=1S/C17H23NO2/c1-13-6-8-16(9-7-13)20-12-15(3)18-14(2)11-17-5-4-10-19-17/h4-10,14-15,18H,11-12H2,1-3H3. The van der Waals surface area contributed by atoms with Crippen LogP contribution in [0, 0.1) is 6.92 Å². The first-order valence-corrected chi connectivity index (χ1v) is 7.11. The normalized spacial score (nSPS) is 13.9. The van der Waals surface area contributed by atoms with Gasteiger partial charge in [0, 0.05) is 18.5 Å². The van der Waals surface area contributed by atoms with Gasteiger partial charge in [0.15, 0.2) is 0 Å². The van der Waals surface area contributed by atoms with E-state index in [4.69, 9.17) is 9.15 Å². The minimum Gasteiger partial charge on any atom is -0.492 e. The third-order valence-electron chi connectivity index (χ3n) is 3.18. The predicted octanol–water partition coefficient (Wildman–Crippen LogP) is 3.58. The fourth-order valence-corrected chi connectivity index (χ4v) is 2.18. The molecule has 1 aromatic carbocycles. The number of hydrogen-bond donors (Lipinski definition) is 1. The quantitative estimate of drug-likeness (QED) is 0.837. The summed E-state index contributed by atoms with van der Waals surface area (Å²) in [4.78, 5) is 0. The zero-order chi connectivity index (χ0) is 14.4. The first kappa shape index (κ1) is 14.7. The predicted molar refractivity (Wildman–Crippen MR) is 81.1 cm³/mol. The second-order valence-corrected chi connectivity index (χ2v) is 5.38. The summed E-state index contributed by atoms with van der Waals surface area (Å²) in [6.07, 6.45) is 2.61. The maximum Gasteiger partial charge on any atom is 0.119 e. The number of hydrogen-bond acceptors (Lipinski definition) is 3. The molecule has 0 fully saturated rings. The second kappa shape index (κ2) is 7.15. The molecule has 20 heavy (non-hydrogen) atoms. The molecule has 0 amide bonds. The van der Waals surface area contributed by atoms with Crippen LogP contribution in [0.5, 0.6) is 5.75 Å². The summed E-state index contributed by atoms with van der Waals surface area (Å²) in [6, 6.07) is 12.7. The Kier molecular flexibility index (Phi) is 5.24. The molecule has 0 bridgehead atoms. The van der Waals surface area contributed by atoms with E-state index in [1.54, 1.807) is 6.26 Å².